The Hall–Kier alpha value is -1.56. The minimum absolute atomic E-state index is 0.0402. The van der Waals surface area contributed by atoms with Crippen LogP contribution in [0.15, 0.2) is 0 Å². The average Bonchev–Trinajstić information content (AvgIpc) is 3.29. The molecule has 134 valence electrons. The summed E-state index contributed by atoms with van der Waals surface area (Å²) in [4.78, 5) is 14.5. The molecule has 2 aliphatic rings. The predicted molar refractivity (Wildman–Crippen MR) is 93.0 cm³/mol. The summed E-state index contributed by atoms with van der Waals surface area (Å²) in [5, 5.41) is 10.4. The first-order valence-electron chi connectivity index (χ1n) is 9.34. The SMILES string of the molecule is Cc1n[nH]c(C)c1[C@H]1CCCN1C(=O)NCCCOC1CCCC1. The van der Waals surface area contributed by atoms with Crippen LogP contribution in [0.2, 0.25) is 0 Å². The molecule has 0 bridgehead atoms. The first-order valence-corrected chi connectivity index (χ1v) is 9.34. The zero-order valence-electron chi connectivity index (χ0n) is 14.9. The summed E-state index contributed by atoms with van der Waals surface area (Å²) in [7, 11) is 0. The second kappa shape index (κ2) is 8.01. The van der Waals surface area contributed by atoms with Crippen molar-refractivity contribution >= 4 is 6.03 Å². The Balaban J connectivity index is 1.44. The molecule has 1 atom stereocenters. The van der Waals surface area contributed by atoms with Gasteiger partial charge in [0.2, 0.25) is 0 Å². The molecule has 2 heterocycles. The van der Waals surface area contributed by atoms with Gasteiger partial charge in [-0.15, -0.1) is 0 Å². The van der Waals surface area contributed by atoms with Crippen LogP contribution in [0.1, 0.15) is 67.9 Å². The van der Waals surface area contributed by atoms with E-state index in [-0.39, 0.29) is 12.1 Å². The number of carbonyl (C=O) groups excluding carboxylic acids is 1. The molecule has 2 N–H and O–H groups in total. The summed E-state index contributed by atoms with van der Waals surface area (Å²) in [6.45, 7) is 6.28. The topological polar surface area (TPSA) is 70.2 Å². The van der Waals surface area contributed by atoms with Crippen molar-refractivity contribution < 1.29 is 9.53 Å². The summed E-state index contributed by atoms with van der Waals surface area (Å²) in [6.07, 6.45) is 8.39. The Bertz CT molecular complexity index is 532. The number of hydrogen-bond donors (Lipinski definition) is 2. The van der Waals surface area contributed by atoms with E-state index in [9.17, 15) is 4.79 Å². The zero-order valence-corrected chi connectivity index (χ0v) is 14.9. The predicted octanol–water partition coefficient (Wildman–Crippen LogP) is 3.22. The van der Waals surface area contributed by atoms with Gasteiger partial charge in [-0.05, 0) is 46.0 Å². The van der Waals surface area contributed by atoms with E-state index in [0.29, 0.717) is 12.6 Å². The Morgan fingerprint density at radius 3 is 2.79 bits per heavy atom. The molecule has 1 aromatic rings. The largest absolute Gasteiger partial charge is 0.378 e. The van der Waals surface area contributed by atoms with E-state index in [1.165, 1.54) is 31.2 Å². The van der Waals surface area contributed by atoms with Crippen molar-refractivity contribution in [3.8, 4) is 0 Å². The molecule has 0 spiro atoms. The maximum absolute atomic E-state index is 12.5. The molecular weight excluding hydrogens is 304 g/mol. The van der Waals surface area contributed by atoms with Crippen LogP contribution < -0.4 is 5.32 Å². The number of amides is 2. The van der Waals surface area contributed by atoms with Gasteiger partial charge >= 0.3 is 6.03 Å². The normalized spacial score (nSPS) is 21.6. The molecule has 6 nitrogen and oxygen atoms in total. The van der Waals surface area contributed by atoms with Gasteiger partial charge in [-0.1, -0.05) is 12.8 Å². The second-order valence-electron chi connectivity index (χ2n) is 7.06. The molecule has 2 fully saturated rings. The molecule has 0 unspecified atom stereocenters. The molecule has 24 heavy (non-hydrogen) atoms. The number of urea groups is 1. The van der Waals surface area contributed by atoms with Crippen molar-refractivity contribution in [3.05, 3.63) is 17.0 Å². The third-order valence-corrected chi connectivity index (χ3v) is 5.29. The van der Waals surface area contributed by atoms with Crippen LogP contribution in [0.5, 0.6) is 0 Å². The first kappa shape index (κ1) is 17.3. The minimum Gasteiger partial charge on any atom is -0.378 e. The third kappa shape index (κ3) is 3.91. The molecule has 1 aromatic heterocycles. The summed E-state index contributed by atoms with van der Waals surface area (Å²) in [5.41, 5.74) is 3.26. The zero-order chi connectivity index (χ0) is 16.9. The van der Waals surface area contributed by atoms with E-state index in [2.05, 4.69) is 15.5 Å². The third-order valence-electron chi connectivity index (χ3n) is 5.29. The fourth-order valence-electron chi connectivity index (χ4n) is 4.03. The Kier molecular flexibility index (Phi) is 5.76. The van der Waals surface area contributed by atoms with E-state index in [1.807, 2.05) is 18.7 Å². The monoisotopic (exact) mass is 334 g/mol. The van der Waals surface area contributed by atoms with E-state index in [4.69, 9.17) is 4.74 Å². The van der Waals surface area contributed by atoms with Gasteiger partial charge in [0.25, 0.3) is 0 Å². The van der Waals surface area contributed by atoms with Crippen LogP contribution >= 0.6 is 0 Å². The average molecular weight is 334 g/mol. The van der Waals surface area contributed by atoms with Crippen LogP contribution in [0.4, 0.5) is 4.79 Å². The highest BCUT2D eigenvalue weighted by Crippen LogP contribution is 2.34. The Morgan fingerprint density at radius 1 is 1.29 bits per heavy atom. The molecule has 1 aliphatic heterocycles. The van der Waals surface area contributed by atoms with Crippen molar-refractivity contribution in [1.29, 1.82) is 0 Å². The number of nitrogens with one attached hydrogen (secondary N) is 2. The molecule has 3 rings (SSSR count). The van der Waals surface area contributed by atoms with Crippen molar-refractivity contribution in [2.24, 2.45) is 0 Å². The van der Waals surface area contributed by atoms with Gasteiger partial charge in [0.15, 0.2) is 0 Å². The number of aryl methyl sites for hydroxylation is 2. The Labute approximate surface area is 144 Å². The van der Waals surface area contributed by atoms with Gasteiger partial charge in [0.05, 0.1) is 17.8 Å². The highest BCUT2D eigenvalue weighted by molar-refractivity contribution is 5.75. The van der Waals surface area contributed by atoms with E-state index < -0.39 is 0 Å². The number of rotatable bonds is 6. The van der Waals surface area contributed by atoms with Gasteiger partial charge in [-0.2, -0.15) is 5.10 Å². The van der Waals surface area contributed by atoms with E-state index in [1.54, 1.807) is 0 Å². The molecule has 2 amide bonds. The number of hydrogen-bond acceptors (Lipinski definition) is 3. The molecule has 0 aromatic carbocycles. The maximum atomic E-state index is 12.5. The lowest BCUT2D eigenvalue weighted by atomic mass is 10.0. The number of aromatic nitrogens is 2. The summed E-state index contributed by atoms with van der Waals surface area (Å²) in [6, 6.07) is 0.192. The van der Waals surface area contributed by atoms with E-state index >= 15 is 0 Å². The number of carbonyl (C=O) groups is 1. The summed E-state index contributed by atoms with van der Waals surface area (Å²) < 4.78 is 5.84. The number of H-pyrrole nitrogens is 1. The lowest BCUT2D eigenvalue weighted by Crippen LogP contribution is -2.40. The standard InChI is InChI=1S/C18H30N4O2/c1-13-17(14(2)21-20-13)16-9-5-11-22(16)18(23)19-10-6-12-24-15-7-3-4-8-15/h15-16H,3-12H2,1-2H3,(H,19,23)(H,20,21)/t16-/m1/s1. The number of likely N-dealkylation sites (tertiary alicyclic amines) is 1. The van der Waals surface area contributed by atoms with Crippen LogP contribution in [-0.4, -0.2) is 46.9 Å². The number of aromatic amines is 1. The number of nitrogens with zero attached hydrogens (tertiary/aromatic N) is 2. The highest BCUT2D eigenvalue weighted by Gasteiger charge is 2.32. The molecule has 6 heteroatoms. The van der Waals surface area contributed by atoms with E-state index in [0.717, 1.165) is 43.8 Å². The highest BCUT2D eigenvalue weighted by atomic mass is 16.5. The maximum Gasteiger partial charge on any atom is 0.317 e. The minimum atomic E-state index is 0.0402. The van der Waals surface area contributed by atoms with Gasteiger partial charge in [-0.3, -0.25) is 5.10 Å². The molecule has 1 saturated carbocycles. The Morgan fingerprint density at radius 2 is 2.08 bits per heavy atom. The van der Waals surface area contributed by atoms with Gasteiger partial charge in [0, 0.05) is 31.0 Å². The van der Waals surface area contributed by atoms with Crippen LogP contribution in [0.3, 0.4) is 0 Å². The molecular formula is C18H30N4O2. The van der Waals surface area contributed by atoms with Gasteiger partial charge in [0.1, 0.15) is 0 Å². The van der Waals surface area contributed by atoms with Gasteiger partial charge < -0.3 is 15.0 Å². The smallest absolute Gasteiger partial charge is 0.317 e. The molecule has 1 aliphatic carbocycles. The number of ether oxygens (including phenoxy) is 1. The lowest BCUT2D eigenvalue weighted by molar-refractivity contribution is 0.0570. The van der Waals surface area contributed by atoms with Crippen LogP contribution in [0.25, 0.3) is 0 Å². The first-order chi connectivity index (χ1) is 11.7. The van der Waals surface area contributed by atoms with Crippen molar-refractivity contribution in [1.82, 2.24) is 20.4 Å². The van der Waals surface area contributed by atoms with Crippen molar-refractivity contribution in [2.75, 3.05) is 19.7 Å². The fraction of sp³-hybridized carbons (Fsp3) is 0.778. The van der Waals surface area contributed by atoms with Crippen molar-refractivity contribution in [3.63, 3.8) is 0 Å². The summed E-state index contributed by atoms with van der Waals surface area (Å²) >= 11 is 0. The van der Waals surface area contributed by atoms with Crippen LogP contribution in [-0.2, 0) is 4.74 Å². The second-order valence-corrected chi connectivity index (χ2v) is 7.06. The van der Waals surface area contributed by atoms with Gasteiger partial charge in [-0.25, -0.2) is 4.79 Å². The molecule has 0 radical (unpaired) electrons. The van der Waals surface area contributed by atoms with Crippen molar-refractivity contribution in [2.45, 2.75) is 70.9 Å². The fourth-order valence-corrected chi connectivity index (χ4v) is 4.03. The van der Waals surface area contributed by atoms with Crippen LogP contribution in [0, 0.1) is 13.8 Å². The molecule has 1 saturated heterocycles. The summed E-state index contributed by atoms with van der Waals surface area (Å²) in [5.74, 6) is 0. The lowest BCUT2D eigenvalue weighted by Gasteiger charge is -2.25. The quantitative estimate of drug-likeness (QED) is 0.785.